The normalized spacial score (nSPS) is 11.1. The first-order valence-corrected chi connectivity index (χ1v) is 5.79. The Bertz CT molecular complexity index is 103. The van der Waals surface area contributed by atoms with Crippen molar-refractivity contribution in [3.05, 3.63) is 0 Å². The molecule has 3 nitrogen and oxygen atoms in total. The zero-order valence-corrected chi connectivity index (χ0v) is 9.41. The van der Waals surface area contributed by atoms with Gasteiger partial charge in [0.05, 0.1) is 13.2 Å². The lowest BCUT2D eigenvalue weighted by molar-refractivity contribution is 0.159. The maximum atomic E-state index is 8.78. The van der Waals surface area contributed by atoms with Crippen molar-refractivity contribution in [2.24, 2.45) is 0 Å². The standard InChI is InChI=1S/C11H25NO2/c1-2-3-4-5-6-7-12(8-10-13)9-11-14/h13-14H,2-11H2,1H3. The average Bonchev–Trinajstić information content (AvgIpc) is 2.18. The Kier molecular flexibility index (Phi) is 10.9. The number of hydrogen-bond donors (Lipinski definition) is 2. The number of nitrogens with zero attached hydrogens (tertiary/aromatic N) is 1. The fraction of sp³-hybridized carbons (Fsp3) is 1.00. The Morgan fingerprint density at radius 3 is 1.86 bits per heavy atom. The monoisotopic (exact) mass is 203 g/mol. The molecular formula is C11H25NO2. The van der Waals surface area contributed by atoms with E-state index in [9.17, 15) is 0 Å². The van der Waals surface area contributed by atoms with E-state index >= 15 is 0 Å². The molecule has 0 aromatic carbocycles. The highest BCUT2D eigenvalue weighted by Gasteiger charge is 2.02. The van der Waals surface area contributed by atoms with Gasteiger partial charge >= 0.3 is 0 Å². The van der Waals surface area contributed by atoms with E-state index < -0.39 is 0 Å². The van der Waals surface area contributed by atoms with Gasteiger partial charge in [-0.1, -0.05) is 32.6 Å². The lowest BCUT2D eigenvalue weighted by Crippen LogP contribution is -2.30. The van der Waals surface area contributed by atoms with Crippen molar-refractivity contribution in [3.8, 4) is 0 Å². The summed E-state index contributed by atoms with van der Waals surface area (Å²) in [6, 6.07) is 0. The molecule has 0 saturated carbocycles. The predicted molar refractivity (Wildman–Crippen MR) is 59.4 cm³/mol. The zero-order chi connectivity index (χ0) is 10.6. The minimum atomic E-state index is 0.189. The molecule has 0 unspecified atom stereocenters. The number of aliphatic hydroxyl groups is 2. The molecular weight excluding hydrogens is 178 g/mol. The van der Waals surface area contributed by atoms with Crippen molar-refractivity contribution in [3.63, 3.8) is 0 Å². The summed E-state index contributed by atoms with van der Waals surface area (Å²) >= 11 is 0. The van der Waals surface area contributed by atoms with Crippen LogP contribution in [0, 0.1) is 0 Å². The van der Waals surface area contributed by atoms with Gasteiger partial charge in [-0.25, -0.2) is 0 Å². The molecule has 0 aliphatic heterocycles. The Hall–Kier alpha value is -0.120. The van der Waals surface area contributed by atoms with Crippen molar-refractivity contribution in [2.45, 2.75) is 39.0 Å². The second-order valence-electron chi connectivity index (χ2n) is 3.70. The van der Waals surface area contributed by atoms with Crippen LogP contribution in [0.4, 0.5) is 0 Å². The summed E-state index contributed by atoms with van der Waals surface area (Å²) in [7, 11) is 0. The number of unbranched alkanes of at least 4 members (excludes halogenated alkanes) is 4. The van der Waals surface area contributed by atoms with Crippen molar-refractivity contribution in [1.82, 2.24) is 4.90 Å². The molecule has 2 N–H and O–H groups in total. The van der Waals surface area contributed by atoms with Crippen LogP contribution in [0.15, 0.2) is 0 Å². The second-order valence-corrected chi connectivity index (χ2v) is 3.70. The number of hydrogen-bond acceptors (Lipinski definition) is 3. The summed E-state index contributed by atoms with van der Waals surface area (Å²) in [5.74, 6) is 0. The number of aliphatic hydroxyl groups excluding tert-OH is 2. The van der Waals surface area contributed by atoms with E-state index in [0.29, 0.717) is 13.1 Å². The lowest BCUT2D eigenvalue weighted by atomic mass is 10.1. The lowest BCUT2D eigenvalue weighted by Gasteiger charge is -2.19. The molecule has 0 fully saturated rings. The van der Waals surface area contributed by atoms with Crippen LogP contribution in [-0.2, 0) is 0 Å². The van der Waals surface area contributed by atoms with E-state index in [-0.39, 0.29) is 13.2 Å². The summed E-state index contributed by atoms with van der Waals surface area (Å²) in [5, 5.41) is 17.6. The van der Waals surface area contributed by atoms with Gasteiger partial charge in [-0.2, -0.15) is 0 Å². The van der Waals surface area contributed by atoms with E-state index in [2.05, 4.69) is 11.8 Å². The van der Waals surface area contributed by atoms with Crippen LogP contribution in [0.25, 0.3) is 0 Å². The third-order valence-corrected chi connectivity index (χ3v) is 2.41. The van der Waals surface area contributed by atoms with Crippen LogP contribution in [0.3, 0.4) is 0 Å². The largest absolute Gasteiger partial charge is 0.395 e. The Morgan fingerprint density at radius 1 is 0.786 bits per heavy atom. The molecule has 14 heavy (non-hydrogen) atoms. The highest BCUT2D eigenvalue weighted by atomic mass is 16.3. The molecule has 0 rings (SSSR count). The van der Waals surface area contributed by atoms with Gasteiger partial charge in [0.2, 0.25) is 0 Å². The SMILES string of the molecule is CCCCCCCN(CCO)CCO. The van der Waals surface area contributed by atoms with Gasteiger partial charge < -0.3 is 10.2 Å². The maximum absolute atomic E-state index is 8.78. The summed E-state index contributed by atoms with van der Waals surface area (Å²) in [5.41, 5.74) is 0. The van der Waals surface area contributed by atoms with Gasteiger partial charge in [-0.3, -0.25) is 4.90 Å². The topological polar surface area (TPSA) is 43.7 Å². The van der Waals surface area contributed by atoms with Crippen LogP contribution in [0.2, 0.25) is 0 Å². The molecule has 0 aliphatic rings. The van der Waals surface area contributed by atoms with Crippen LogP contribution < -0.4 is 0 Å². The van der Waals surface area contributed by atoms with Gasteiger partial charge in [0.1, 0.15) is 0 Å². The molecule has 0 atom stereocenters. The summed E-state index contributed by atoms with van der Waals surface area (Å²) in [6.07, 6.45) is 6.35. The zero-order valence-electron chi connectivity index (χ0n) is 9.41. The molecule has 86 valence electrons. The Morgan fingerprint density at radius 2 is 1.36 bits per heavy atom. The minimum Gasteiger partial charge on any atom is -0.395 e. The average molecular weight is 203 g/mol. The van der Waals surface area contributed by atoms with Crippen molar-refractivity contribution < 1.29 is 10.2 Å². The van der Waals surface area contributed by atoms with Crippen LogP contribution >= 0.6 is 0 Å². The van der Waals surface area contributed by atoms with Crippen LogP contribution in [-0.4, -0.2) is 48.0 Å². The fourth-order valence-corrected chi connectivity index (χ4v) is 1.56. The van der Waals surface area contributed by atoms with Crippen LogP contribution in [0.1, 0.15) is 39.0 Å². The third kappa shape index (κ3) is 8.48. The molecule has 0 amide bonds. The third-order valence-electron chi connectivity index (χ3n) is 2.41. The molecule has 0 saturated heterocycles. The first-order valence-electron chi connectivity index (χ1n) is 5.79. The summed E-state index contributed by atoms with van der Waals surface area (Å²) in [4.78, 5) is 2.12. The van der Waals surface area contributed by atoms with Gasteiger partial charge in [0.25, 0.3) is 0 Å². The first kappa shape index (κ1) is 13.9. The molecule has 0 aromatic rings. The van der Waals surface area contributed by atoms with E-state index in [1.807, 2.05) is 0 Å². The highest BCUT2D eigenvalue weighted by Crippen LogP contribution is 2.03. The van der Waals surface area contributed by atoms with E-state index in [1.165, 1.54) is 32.1 Å². The van der Waals surface area contributed by atoms with Gasteiger partial charge in [0.15, 0.2) is 0 Å². The molecule has 0 spiro atoms. The molecule has 0 bridgehead atoms. The fourth-order valence-electron chi connectivity index (χ4n) is 1.56. The minimum absolute atomic E-state index is 0.189. The van der Waals surface area contributed by atoms with Crippen molar-refractivity contribution >= 4 is 0 Å². The van der Waals surface area contributed by atoms with Crippen molar-refractivity contribution in [2.75, 3.05) is 32.8 Å². The van der Waals surface area contributed by atoms with Crippen molar-refractivity contribution in [1.29, 1.82) is 0 Å². The molecule has 0 aromatic heterocycles. The van der Waals surface area contributed by atoms with Crippen LogP contribution in [0.5, 0.6) is 0 Å². The Balaban J connectivity index is 3.30. The van der Waals surface area contributed by atoms with Gasteiger partial charge in [-0.15, -0.1) is 0 Å². The Labute approximate surface area is 87.7 Å². The quantitative estimate of drug-likeness (QED) is 0.525. The van der Waals surface area contributed by atoms with E-state index in [0.717, 1.165) is 6.54 Å². The highest BCUT2D eigenvalue weighted by molar-refractivity contribution is 4.56. The van der Waals surface area contributed by atoms with E-state index in [4.69, 9.17) is 10.2 Å². The van der Waals surface area contributed by atoms with Gasteiger partial charge in [0, 0.05) is 13.1 Å². The molecule has 3 heteroatoms. The predicted octanol–water partition coefficient (Wildman–Crippen LogP) is 1.24. The van der Waals surface area contributed by atoms with E-state index in [1.54, 1.807) is 0 Å². The second kappa shape index (κ2) is 11.0. The smallest absolute Gasteiger partial charge is 0.0558 e. The van der Waals surface area contributed by atoms with Gasteiger partial charge in [-0.05, 0) is 13.0 Å². The first-order chi connectivity index (χ1) is 6.85. The summed E-state index contributed by atoms with van der Waals surface area (Å²) < 4.78 is 0. The molecule has 0 aliphatic carbocycles. The molecule has 0 radical (unpaired) electrons. The summed E-state index contributed by atoms with van der Waals surface area (Å²) in [6.45, 7) is 4.97. The molecule has 0 heterocycles. The number of rotatable bonds is 10. The maximum Gasteiger partial charge on any atom is 0.0558 e.